The van der Waals surface area contributed by atoms with Crippen LogP contribution in [0.3, 0.4) is 0 Å². The van der Waals surface area contributed by atoms with Crippen LogP contribution in [-0.4, -0.2) is 42.5 Å². The van der Waals surface area contributed by atoms with Gasteiger partial charge in [-0.25, -0.2) is 0 Å². The summed E-state index contributed by atoms with van der Waals surface area (Å²) in [6, 6.07) is 8.86. The maximum atomic E-state index is 12.3. The number of carbonyl (C=O) groups is 2. The summed E-state index contributed by atoms with van der Waals surface area (Å²) in [5.74, 6) is 0.637. The number of hydrogen-bond donors (Lipinski definition) is 1. The predicted molar refractivity (Wildman–Crippen MR) is 92.7 cm³/mol. The highest BCUT2D eigenvalue weighted by atomic mass is 16.5. The molecule has 0 atom stereocenters. The Labute approximate surface area is 146 Å². The van der Waals surface area contributed by atoms with E-state index in [1.807, 2.05) is 6.92 Å². The number of rotatable bonds is 5. The van der Waals surface area contributed by atoms with Crippen molar-refractivity contribution in [2.75, 3.05) is 19.7 Å². The Morgan fingerprint density at radius 2 is 1.88 bits per heavy atom. The standard InChI is InChI=1S/C19H22N2O4/c1-2-25-17-5-3-14(4-6-17)18(22)20-16-7-10-21(11-8-16)19(23)15-9-12-24-13-15/h3-6,9,12-13,16H,2,7-8,10-11H2,1H3,(H,20,22). The van der Waals surface area contributed by atoms with E-state index < -0.39 is 0 Å². The van der Waals surface area contributed by atoms with Crippen LogP contribution >= 0.6 is 0 Å². The summed E-state index contributed by atoms with van der Waals surface area (Å²) in [5, 5.41) is 3.04. The fourth-order valence-corrected chi connectivity index (χ4v) is 2.93. The lowest BCUT2D eigenvalue weighted by Crippen LogP contribution is -2.46. The van der Waals surface area contributed by atoms with Crippen LogP contribution < -0.4 is 10.1 Å². The Kier molecular flexibility index (Phi) is 5.38. The van der Waals surface area contributed by atoms with Crippen LogP contribution in [0.4, 0.5) is 0 Å². The molecule has 1 aromatic carbocycles. The Balaban J connectivity index is 1.50. The van der Waals surface area contributed by atoms with Gasteiger partial charge in [0.25, 0.3) is 11.8 Å². The van der Waals surface area contributed by atoms with E-state index in [2.05, 4.69) is 5.32 Å². The van der Waals surface area contributed by atoms with Crippen molar-refractivity contribution in [3.05, 3.63) is 54.0 Å². The minimum absolute atomic E-state index is 0.0231. The molecule has 1 aliphatic heterocycles. The van der Waals surface area contributed by atoms with Crippen molar-refractivity contribution < 1.29 is 18.7 Å². The highest BCUT2D eigenvalue weighted by Crippen LogP contribution is 2.16. The molecule has 1 N–H and O–H groups in total. The lowest BCUT2D eigenvalue weighted by atomic mass is 10.0. The minimum atomic E-state index is -0.0948. The molecule has 0 radical (unpaired) electrons. The summed E-state index contributed by atoms with van der Waals surface area (Å²) < 4.78 is 10.3. The summed E-state index contributed by atoms with van der Waals surface area (Å²) in [7, 11) is 0. The third-order valence-corrected chi connectivity index (χ3v) is 4.31. The molecule has 2 aromatic rings. The van der Waals surface area contributed by atoms with Crippen LogP contribution in [0.15, 0.2) is 47.3 Å². The zero-order chi connectivity index (χ0) is 17.6. The van der Waals surface area contributed by atoms with E-state index in [0.29, 0.717) is 30.8 Å². The number of likely N-dealkylation sites (tertiary alicyclic amines) is 1. The predicted octanol–water partition coefficient (Wildman–Crippen LogP) is 2.71. The molecule has 132 valence electrons. The number of hydrogen-bond acceptors (Lipinski definition) is 4. The first kappa shape index (κ1) is 17.1. The molecule has 6 heteroatoms. The minimum Gasteiger partial charge on any atom is -0.494 e. The summed E-state index contributed by atoms with van der Waals surface area (Å²) in [6.45, 7) is 3.77. The van der Waals surface area contributed by atoms with E-state index >= 15 is 0 Å². The molecule has 1 aliphatic rings. The second-order valence-corrected chi connectivity index (χ2v) is 6.01. The van der Waals surface area contributed by atoms with Gasteiger partial charge >= 0.3 is 0 Å². The van der Waals surface area contributed by atoms with Crippen LogP contribution in [0.25, 0.3) is 0 Å². The second kappa shape index (κ2) is 7.88. The molecule has 2 amide bonds. The maximum absolute atomic E-state index is 12.3. The summed E-state index contributed by atoms with van der Waals surface area (Å²) in [4.78, 5) is 26.4. The normalized spacial score (nSPS) is 15.0. The molecule has 0 unspecified atom stereocenters. The van der Waals surface area contributed by atoms with Crippen LogP contribution in [0.5, 0.6) is 5.75 Å². The van der Waals surface area contributed by atoms with Crippen molar-refractivity contribution in [2.45, 2.75) is 25.8 Å². The van der Waals surface area contributed by atoms with E-state index in [1.54, 1.807) is 35.2 Å². The number of furan rings is 1. The van der Waals surface area contributed by atoms with Gasteiger partial charge < -0.3 is 19.4 Å². The largest absolute Gasteiger partial charge is 0.494 e. The van der Waals surface area contributed by atoms with E-state index in [1.165, 1.54) is 12.5 Å². The molecule has 25 heavy (non-hydrogen) atoms. The van der Waals surface area contributed by atoms with Gasteiger partial charge in [0.15, 0.2) is 0 Å². The van der Waals surface area contributed by atoms with Gasteiger partial charge in [0.1, 0.15) is 12.0 Å². The van der Waals surface area contributed by atoms with E-state index in [4.69, 9.17) is 9.15 Å². The monoisotopic (exact) mass is 342 g/mol. The highest BCUT2D eigenvalue weighted by molar-refractivity contribution is 5.95. The Hall–Kier alpha value is -2.76. The zero-order valence-electron chi connectivity index (χ0n) is 14.2. The van der Waals surface area contributed by atoms with Crippen molar-refractivity contribution in [3.63, 3.8) is 0 Å². The molecule has 0 bridgehead atoms. The van der Waals surface area contributed by atoms with Crippen molar-refractivity contribution in [2.24, 2.45) is 0 Å². The van der Waals surface area contributed by atoms with Crippen LogP contribution in [-0.2, 0) is 0 Å². The first-order valence-corrected chi connectivity index (χ1v) is 8.52. The second-order valence-electron chi connectivity index (χ2n) is 6.01. The molecule has 1 fully saturated rings. The van der Waals surface area contributed by atoms with Gasteiger partial charge in [-0.2, -0.15) is 0 Å². The third kappa shape index (κ3) is 4.21. The number of nitrogens with one attached hydrogen (secondary N) is 1. The van der Waals surface area contributed by atoms with Crippen molar-refractivity contribution >= 4 is 11.8 Å². The third-order valence-electron chi connectivity index (χ3n) is 4.31. The number of nitrogens with zero attached hydrogens (tertiary/aromatic N) is 1. The molecular formula is C19H22N2O4. The lowest BCUT2D eigenvalue weighted by molar-refractivity contribution is 0.0697. The summed E-state index contributed by atoms with van der Waals surface area (Å²) in [5.41, 5.74) is 1.18. The maximum Gasteiger partial charge on any atom is 0.257 e. The fraction of sp³-hybridized carbons (Fsp3) is 0.368. The van der Waals surface area contributed by atoms with Gasteiger partial charge in [0, 0.05) is 24.7 Å². The van der Waals surface area contributed by atoms with E-state index in [-0.39, 0.29) is 17.9 Å². The van der Waals surface area contributed by atoms with Gasteiger partial charge in [0.2, 0.25) is 0 Å². The SMILES string of the molecule is CCOc1ccc(C(=O)NC2CCN(C(=O)c3ccoc3)CC2)cc1. The van der Waals surface area contributed by atoms with Crippen molar-refractivity contribution in [1.29, 1.82) is 0 Å². The van der Waals surface area contributed by atoms with Gasteiger partial charge in [-0.1, -0.05) is 0 Å². The number of amides is 2. The molecule has 2 heterocycles. The fourth-order valence-electron chi connectivity index (χ4n) is 2.93. The van der Waals surface area contributed by atoms with Gasteiger partial charge in [-0.3, -0.25) is 9.59 Å². The number of carbonyl (C=O) groups excluding carboxylic acids is 2. The summed E-state index contributed by atoms with van der Waals surface area (Å²) in [6.07, 6.45) is 4.44. The first-order chi connectivity index (χ1) is 12.2. The number of piperidine rings is 1. The molecule has 6 nitrogen and oxygen atoms in total. The average Bonchev–Trinajstić information content (AvgIpc) is 3.17. The van der Waals surface area contributed by atoms with Gasteiger partial charge in [-0.05, 0) is 50.1 Å². The quantitative estimate of drug-likeness (QED) is 0.907. The van der Waals surface area contributed by atoms with Crippen molar-refractivity contribution in [3.8, 4) is 5.75 Å². The van der Waals surface area contributed by atoms with Crippen LogP contribution in [0.1, 0.15) is 40.5 Å². The average molecular weight is 342 g/mol. The summed E-state index contributed by atoms with van der Waals surface area (Å²) >= 11 is 0. The topological polar surface area (TPSA) is 71.8 Å². The highest BCUT2D eigenvalue weighted by Gasteiger charge is 2.25. The Morgan fingerprint density at radius 3 is 2.48 bits per heavy atom. The smallest absolute Gasteiger partial charge is 0.257 e. The van der Waals surface area contributed by atoms with Gasteiger partial charge in [-0.15, -0.1) is 0 Å². The molecule has 1 aromatic heterocycles. The molecule has 1 saturated heterocycles. The Morgan fingerprint density at radius 1 is 1.16 bits per heavy atom. The lowest BCUT2D eigenvalue weighted by Gasteiger charge is -2.32. The number of ether oxygens (including phenoxy) is 1. The van der Waals surface area contributed by atoms with E-state index in [0.717, 1.165) is 18.6 Å². The Bertz CT molecular complexity index is 702. The molecule has 3 rings (SSSR count). The number of benzene rings is 1. The molecule has 0 saturated carbocycles. The van der Waals surface area contributed by atoms with Crippen molar-refractivity contribution in [1.82, 2.24) is 10.2 Å². The van der Waals surface area contributed by atoms with Gasteiger partial charge in [0.05, 0.1) is 18.4 Å². The molecular weight excluding hydrogens is 320 g/mol. The van der Waals surface area contributed by atoms with E-state index in [9.17, 15) is 9.59 Å². The first-order valence-electron chi connectivity index (χ1n) is 8.52. The van der Waals surface area contributed by atoms with Crippen LogP contribution in [0.2, 0.25) is 0 Å². The van der Waals surface area contributed by atoms with Crippen LogP contribution in [0, 0.1) is 0 Å². The molecule has 0 aliphatic carbocycles. The molecule has 0 spiro atoms. The zero-order valence-corrected chi connectivity index (χ0v) is 14.2.